The number of ether oxygens (including phenoxy) is 1. The van der Waals surface area contributed by atoms with Crippen molar-refractivity contribution < 1.29 is 14.3 Å². The monoisotopic (exact) mass is 451 g/mol. The van der Waals surface area contributed by atoms with E-state index >= 15 is 0 Å². The first-order valence-corrected chi connectivity index (χ1v) is 12.3. The Balaban J connectivity index is 1.51. The largest absolute Gasteiger partial charge is 0.491 e. The van der Waals surface area contributed by atoms with Gasteiger partial charge in [0, 0.05) is 11.8 Å². The van der Waals surface area contributed by atoms with Crippen LogP contribution in [-0.4, -0.2) is 18.4 Å². The van der Waals surface area contributed by atoms with Gasteiger partial charge in [0.15, 0.2) is 0 Å². The minimum Gasteiger partial charge on any atom is -0.491 e. The van der Waals surface area contributed by atoms with Crippen LogP contribution in [0.2, 0.25) is 0 Å². The molecule has 0 unspecified atom stereocenters. The fourth-order valence-electron chi connectivity index (χ4n) is 6.32. The molecule has 1 fully saturated rings. The van der Waals surface area contributed by atoms with Crippen molar-refractivity contribution in [2.24, 2.45) is 11.8 Å². The summed E-state index contributed by atoms with van der Waals surface area (Å²) in [7, 11) is 0. The Bertz CT molecular complexity index is 1310. The summed E-state index contributed by atoms with van der Waals surface area (Å²) in [6.45, 7) is 6.97. The molecule has 2 bridgehead atoms. The molecule has 4 heteroatoms. The fourth-order valence-corrected chi connectivity index (χ4v) is 6.32. The fraction of sp³-hybridized carbons (Fsp3) is 0.333. The maximum Gasteiger partial charge on any atom is 0.238 e. The van der Waals surface area contributed by atoms with E-state index in [4.69, 9.17) is 4.74 Å². The predicted molar refractivity (Wildman–Crippen MR) is 132 cm³/mol. The first kappa shape index (κ1) is 21.2. The summed E-state index contributed by atoms with van der Waals surface area (Å²) >= 11 is 0. The van der Waals surface area contributed by atoms with E-state index < -0.39 is 0 Å². The highest BCUT2D eigenvalue weighted by atomic mass is 16.5. The number of rotatable bonds is 5. The summed E-state index contributed by atoms with van der Waals surface area (Å²) in [5.74, 6) is -0.201. The lowest BCUT2D eigenvalue weighted by molar-refractivity contribution is -0.122. The third-order valence-corrected chi connectivity index (χ3v) is 7.80. The Morgan fingerprint density at radius 3 is 2.03 bits per heavy atom. The van der Waals surface area contributed by atoms with Gasteiger partial charge in [0.1, 0.15) is 5.75 Å². The molecule has 0 radical (unpaired) electrons. The lowest BCUT2D eigenvalue weighted by Crippen LogP contribution is -2.41. The van der Waals surface area contributed by atoms with E-state index in [9.17, 15) is 9.59 Å². The summed E-state index contributed by atoms with van der Waals surface area (Å²) in [6.07, 6.45) is 0.856. The number of nitrogens with zero attached hydrogens (tertiary/aromatic N) is 1. The summed E-state index contributed by atoms with van der Waals surface area (Å²) in [6, 6.07) is 22.5. The Morgan fingerprint density at radius 2 is 1.38 bits per heavy atom. The average Bonchev–Trinajstić information content (AvgIpc) is 3.13. The molecular weight excluding hydrogens is 422 g/mol. The van der Waals surface area contributed by atoms with Gasteiger partial charge in [-0.25, -0.2) is 4.90 Å². The van der Waals surface area contributed by atoms with Crippen LogP contribution in [0.3, 0.4) is 0 Å². The standard InChI is InChI=1S/C30H29NO3/c1-4-15-34-24-12-8-7-11-23(24)31-29(32)27-25-19-9-5-6-10-20(19)26(28(27)30(31)33)22-16-18(17(2)3)13-14-21(22)25/h5-14,16-17,25-28H,4,15H2,1-3H3/t25-,26-,27+,28+/m1/s1. The minimum atomic E-state index is -0.387. The van der Waals surface area contributed by atoms with Crippen molar-refractivity contribution in [1.29, 1.82) is 0 Å². The first-order chi connectivity index (χ1) is 16.5. The van der Waals surface area contributed by atoms with Gasteiger partial charge in [0.25, 0.3) is 0 Å². The second-order valence-corrected chi connectivity index (χ2v) is 10.0. The number of hydrogen-bond acceptors (Lipinski definition) is 3. The summed E-state index contributed by atoms with van der Waals surface area (Å²) in [5, 5.41) is 0. The van der Waals surface area contributed by atoms with Gasteiger partial charge in [-0.15, -0.1) is 0 Å². The van der Waals surface area contributed by atoms with Crippen LogP contribution in [0.5, 0.6) is 5.75 Å². The maximum atomic E-state index is 14.1. The van der Waals surface area contributed by atoms with Crippen LogP contribution in [0, 0.1) is 11.8 Å². The Kier molecular flexibility index (Phi) is 4.87. The maximum absolute atomic E-state index is 14.1. The highest BCUT2D eigenvalue weighted by Gasteiger charge is 2.62. The number of imide groups is 1. The second kappa shape index (κ2) is 7.83. The smallest absolute Gasteiger partial charge is 0.238 e. The van der Waals surface area contributed by atoms with Gasteiger partial charge >= 0.3 is 0 Å². The topological polar surface area (TPSA) is 46.6 Å². The lowest BCUT2D eigenvalue weighted by Gasteiger charge is -2.46. The SMILES string of the molecule is CCCOc1ccccc1N1C(=O)[C@H]2[C@@H]3c4ccccc4[C@H](c4cc(C(C)C)ccc43)[C@@H]2C1=O. The van der Waals surface area contributed by atoms with Crippen molar-refractivity contribution in [3.8, 4) is 5.75 Å². The zero-order valence-electron chi connectivity index (χ0n) is 19.8. The predicted octanol–water partition coefficient (Wildman–Crippen LogP) is 6.00. The van der Waals surface area contributed by atoms with Crippen LogP contribution in [0.25, 0.3) is 0 Å². The Labute approximate surface area is 200 Å². The van der Waals surface area contributed by atoms with Crippen LogP contribution in [0.15, 0.2) is 66.7 Å². The number of carbonyl (C=O) groups is 2. The van der Waals surface area contributed by atoms with Gasteiger partial charge in [-0.3, -0.25) is 9.59 Å². The van der Waals surface area contributed by atoms with Gasteiger partial charge in [-0.2, -0.15) is 0 Å². The molecule has 0 saturated carbocycles. The van der Waals surface area contributed by atoms with Crippen molar-refractivity contribution in [1.82, 2.24) is 0 Å². The van der Waals surface area contributed by atoms with Gasteiger partial charge in [-0.1, -0.05) is 75.4 Å². The first-order valence-electron chi connectivity index (χ1n) is 12.3. The number of benzene rings is 3. The van der Waals surface area contributed by atoms with Gasteiger partial charge < -0.3 is 4.74 Å². The summed E-state index contributed by atoms with van der Waals surface area (Å²) in [4.78, 5) is 29.5. The molecule has 4 nitrogen and oxygen atoms in total. The number of para-hydroxylation sites is 2. The third kappa shape index (κ3) is 2.84. The molecule has 4 aliphatic rings. The molecule has 2 amide bonds. The van der Waals surface area contributed by atoms with E-state index in [1.807, 2.05) is 43.3 Å². The van der Waals surface area contributed by atoms with Gasteiger partial charge in [0.2, 0.25) is 11.8 Å². The lowest BCUT2D eigenvalue weighted by atomic mass is 9.54. The zero-order chi connectivity index (χ0) is 23.6. The van der Waals surface area contributed by atoms with Crippen LogP contribution in [0.4, 0.5) is 5.69 Å². The van der Waals surface area contributed by atoms with Crippen molar-refractivity contribution in [2.75, 3.05) is 11.5 Å². The second-order valence-electron chi connectivity index (χ2n) is 10.0. The summed E-state index contributed by atoms with van der Waals surface area (Å²) in [5.41, 5.74) is 6.64. The molecule has 0 spiro atoms. The molecule has 3 aromatic rings. The van der Waals surface area contributed by atoms with Crippen LogP contribution < -0.4 is 9.64 Å². The van der Waals surface area contributed by atoms with E-state index in [-0.39, 0.29) is 35.5 Å². The van der Waals surface area contributed by atoms with E-state index in [1.165, 1.54) is 32.7 Å². The number of carbonyl (C=O) groups excluding carboxylic acids is 2. The molecule has 0 aromatic heterocycles. The molecule has 172 valence electrons. The molecule has 3 aromatic carbocycles. The van der Waals surface area contributed by atoms with E-state index in [1.54, 1.807) is 0 Å². The Morgan fingerprint density at radius 1 is 0.794 bits per heavy atom. The van der Waals surface area contributed by atoms with E-state index in [0.29, 0.717) is 24.0 Å². The van der Waals surface area contributed by atoms with Gasteiger partial charge in [-0.05, 0) is 52.3 Å². The highest BCUT2D eigenvalue weighted by Crippen LogP contribution is 2.61. The summed E-state index contributed by atoms with van der Waals surface area (Å²) < 4.78 is 5.94. The zero-order valence-corrected chi connectivity index (χ0v) is 19.8. The molecule has 4 atom stereocenters. The van der Waals surface area contributed by atoms with Crippen molar-refractivity contribution in [3.05, 3.63) is 94.5 Å². The normalized spacial score (nSPS) is 24.3. The number of amides is 2. The molecular formula is C30H29NO3. The van der Waals surface area contributed by atoms with E-state index in [2.05, 4.69) is 44.2 Å². The van der Waals surface area contributed by atoms with Crippen LogP contribution >= 0.6 is 0 Å². The number of anilines is 1. The third-order valence-electron chi connectivity index (χ3n) is 7.80. The molecule has 1 heterocycles. The van der Waals surface area contributed by atoms with Crippen LogP contribution in [0.1, 0.15) is 72.8 Å². The quantitative estimate of drug-likeness (QED) is 0.447. The van der Waals surface area contributed by atoms with Crippen molar-refractivity contribution >= 4 is 17.5 Å². The van der Waals surface area contributed by atoms with Crippen LogP contribution in [-0.2, 0) is 9.59 Å². The molecule has 1 aliphatic heterocycles. The Hall–Kier alpha value is -3.40. The van der Waals surface area contributed by atoms with E-state index in [0.717, 1.165) is 6.42 Å². The minimum absolute atomic E-state index is 0.104. The number of hydrogen-bond donors (Lipinski definition) is 0. The molecule has 34 heavy (non-hydrogen) atoms. The van der Waals surface area contributed by atoms with Gasteiger partial charge in [0.05, 0.1) is 24.1 Å². The van der Waals surface area contributed by atoms with Crippen molar-refractivity contribution in [3.63, 3.8) is 0 Å². The highest BCUT2D eigenvalue weighted by molar-refractivity contribution is 6.24. The van der Waals surface area contributed by atoms with Crippen molar-refractivity contribution in [2.45, 2.75) is 44.9 Å². The molecule has 3 aliphatic carbocycles. The molecule has 7 rings (SSSR count). The average molecular weight is 452 g/mol. The molecule has 1 saturated heterocycles. The molecule has 0 N–H and O–H groups in total.